The van der Waals surface area contributed by atoms with Gasteiger partial charge in [0.1, 0.15) is 4.21 Å². The molecular formula is C11H15NO3S2. The summed E-state index contributed by atoms with van der Waals surface area (Å²) in [7, 11) is -3.38. The normalized spacial score (nSPS) is 18.1. The predicted molar refractivity (Wildman–Crippen MR) is 67.4 cm³/mol. The number of hydrogen-bond donors (Lipinski definition) is 1. The topological polar surface area (TPSA) is 57.6 Å². The fourth-order valence-corrected chi connectivity index (χ4v) is 4.63. The molecule has 2 heterocycles. The largest absolute Gasteiger partial charge is 0.392 e. The van der Waals surface area contributed by atoms with E-state index in [9.17, 15) is 8.42 Å². The van der Waals surface area contributed by atoms with E-state index in [1.165, 1.54) is 15.6 Å². The highest BCUT2D eigenvalue weighted by Crippen LogP contribution is 2.26. The molecule has 94 valence electrons. The minimum atomic E-state index is -3.38. The van der Waals surface area contributed by atoms with E-state index in [0.29, 0.717) is 22.9 Å². The van der Waals surface area contributed by atoms with E-state index in [0.717, 1.165) is 12.0 Å². The van der Waals surface area contributed by atoms with E-state index >= 15 is 0 Å². The van der Waals surface area contributed by atoms with Crippen molar-refractivity contribution >= 4 is 21.4 Å². The van der Waals surface area contributed by atoms with Gasteiger partial charge in [-0.25, -0.2) is 8.42 Å². The Labute approximate surface area is 105 Å². The monoisotopic (exact) mass is 273 g/mol. The van der Waals surface area contributed by atoms with Gasteiger partial charge in [0.15, 0.2) is 0 Å². The van der Waals surface area contributed by atoms with Gasteiger partial charge in [0.2, 0.25) is 0 Å². The van der Waals surface area contributed by atoms with Gasteiger partial charge < -0.3 is 5.11 Å². The smallest absolute Gasteiger partial charge is 0.252 e. The zero-order chi connectivity index (χ0) is 12.5. The Morgan fingerprint density at radius 2 is 2.29 bits per heavy atom. The van der Waals surface area contributed by atoms with Gasteiger partial charge in [-0.05, 0) is 30.4 Å². The molecule has 2 rings (SSSR count). The summed E-state index contributed by atoms with van der Waals surface area (Å²) in [5, 5.41) is 10.6. The van der Waals surface area contributed by atoms with Gasteiger partial charge in [0.05, 0.1) is 6.61 Å². The van der Waals surface area contributed by atoms with E-state index in [1.54, 1.807) is 11.4 Å². The molecule has 1 aliphatic heterocycles. The summed E-state index contributed by atoms with van der Waals surface area (Å²) < 4.78 is 26.4. The van der Waals surface area contributed by atoms with Crippen molar-refractivity contribution in [1.29, 1.82) is 0 Å². The van der Waals surface area contributed by atoms with Crippen LogP contribution in [0.2, 0.25) is 0 Å². The molecule has 0 fully saturated rings. The van der Waals surface area contributed by atoms with Crippen molar-refractivity contribution in [1.82, 2.24) is 4.31 Å². The van der Waals surface area contributed by atoms with Gasteiger partial charge in [-0.15, -0.1) is 11.3 Å². The second-order valence-electron chi connectivity index (χ2n) is 4.11. The van der Waals surface area contributed by atoms with Gasteiger partial charge in [-0.2, -0.15) is 4.31 Å². The van der Waals surface area contributed by atoms with Gasteiger partial charge in [-0.1, -0.05) is 11.6 Å². The molecule has 0 radical (unpaired) electrons. The summed E-state index contributed by atoms with van der Waals surface area (Å²) in [4.78, 5) is 0. The first-order chi connectivity index (χ1) is 8.04. The highest BCUT2D eigenvalue weighted by atomic mass is 32.2. The van der Waals surface area contributed by atoms with Crippen LogP contribution < -0.4 is 0 Å². The molecule has 1 aliphatic rings. The third kappa shape index (κ3) is 2.60. The third-order valence-electron chi connectivity index (χ3n) is 2.70. The van der Waals surface area contributed by atoms with Crippen LogP contribution in [0.5, 0.6) is 0 Å². The van der Waals surface area contributed by atoms with E-state index in [4.69, 9.17) is 5.11 Å². The maximum atomic E-state index is 12.3. The van der Waals surface area contributed by atoms with Crippen molar-refractivity contribution in [3.8, 4) is 0 Å². The SMILES string of the molecule is CC1=CCCN(S(=O)(=O)c2cc(CO)cs2)C1. The number of nitrogens with zero attached hydrogens (tertiary/aromatic N) is 1. The molecule has 1 N–H and O–H groups in total. The molecule has 0 spiro atoms. The minimum Gasteiger partial charge on any atom is -0.392 e. The van der Waals surface area contributed by atoms with Crippen molar-refractivity contribution in [3.05, 3.63) is 28.7 Å². The summed E-state index contributed by atoms with van der Waals surface area (Å²) in [6.45, 7) is 2.82. The van der Waals surface area contributed by atoms with Crippen LogP contribution in [0.3, 0.4) is 0 Å². The molecule has 1 aromatic heterocycles. The Balaban J connectivity index is 2.27. The summed E-state index contributed by atoms with van der Waals surface area (Å²) in [5.74, 6) is 0. The molecule has 6 heteroatoms. The first kappa shape index (κ1) is 12.8. The van der Waals surface area contributed by atoms with Crippen LogP contribution in [-0.4, -0.2) is 30.9 Å². The zero-order valence-electron chi connectivity index (χ0n) is 9.59. The van der Waals surface area contributed by atoms with Crippen LogP contribution >= 0.6 is 11.3 Å². The maximum Gasteiger partial charge on any atom is 0.252 e. The summed E-state index contributed by atoms with van der Waals surface area (Å²) in [6, 6.07) is 1.55. The van der Waals surface area contributed by atoms with Crippen LogP contribution in [-0.2, 0) is 16.6 Å². The lowest BCUT2D eigenvalue weighted by molar-refractivity contribution is 0.282. The average Bonchev–Trinajstić information content (AvgIpc) is 2.78. The molecule has 4 nitrogen and oxygen atoms in total. The average molecular weight is 273 g/mol. The van der Waals surface area contributed by atoms with Gasteiger partial charge >= 0.3 is 0 Å². The molecule has 0 bridgehead atoms. The highest BCUT2D eigenvalue weighted by molar-refractivity contribution is 7.91. The molecule has 1 aromatic rings. The Morgan fingerprint density at radius 1 is 1.53 bits per heavy atom. The number of aliphatic hydroxyl groups is 1. The summed E-state index contributed by atoms with van der Waals surface area (Å²) >= 11 is 1.17. The third-order valence-corrected chi connectivity index (χ3v) is 6.01. The minimum absolute atomic E-state index is 0.120. The quantitative estimate of drug-likeness (QED) is 0.851. The number of thiophene rings is 1. The molecule has 0 saturated carbocycles. The fraction of sp³-hybridized carbons (Fsp3) is 0.455. The fourth-order valence-electron chi connectivity index (χ4n) is 1.78. The molecule has 0 aromatic carbocycles. The van der Waals surface area contributed by atoms with E-state index in [1.807, 2.05) is 6.92 Å². The molecule has 0 atom stereocenters. The van der Waals surface area contributed by atoms with Crippen molar-refractivity contribution in [2.24, 2.45) is 0 Å². The van der Waals surface area contributed by atoms with Crippen LogP contribution in [0.15, 0.2) is 27.3 Å². The summed E-state index contributed by atoms with van der Waals surface area (Å²) in [5.41, 5.74) is 1.73. The first-order valence-electron chi connectivity index (χ1n) is 5.38. The Hall–Kier alpha value is -0.690. The van der Waals surface area contributed by atoms with E-state index in [-0.39, 0.29) is 6.61 Å². The van der Waals surface area contributed by atoms with Crippen LogP contribution in [0.25, 0.3) is 0 Å². The van der Waals surface area contributed by atoms with Crippen LogP contribution in [0.4, 0.5) is 0 Å². The Morgan fingerprint density at radius 3 is 2.88 bits per heavy atom. The Bertz CT molecular complexity index is 531. The van der Waals surface area contributed by atoms with Crippen molar-refractivity contribution in [2.75, 3.05) is 13.1 Å². The zero-order valence-corrected chi connectivity index (χ0v) is 11.2. The standard InChI is InChI=1S/C11H15NO3S2/c1-9-3-2-4-12(6-9)17(14,15)11-5-10(7-13)8-16-11/h3,5,8,13H,2,4,6-7H2,1H3. The number of rotatable bonds is 3. The van der Waals surface area contributed by atoms with Crippen molar-refractivity contribution < 1.29 is 13.5 Å². The van der Waals surface area contributed by atoms with Gasteiger partial charge in [0, 0.05) is 13.1 Å². The lowest BCUT2D eigenvalue weighted by Gasteiger charge is -2.24. The maximum absolute atomic E-state index is 12.3. The van der Waals surface area contributed by atoms with Crippen LogP contribution in [0, 0.1) is 0 Å². The van der Waals surface area contributed by atoms with Crippen LogP contribution in [0.1, 0.15) is 18.9 Å². The molecule has 0 unspecified atom stereocenters. The van der Waals surface area contributed by atoms with Gasteiger partial charge in [0.25, 0.3) is 10.0 Å². The van der Waals surface area contributed by atoms with Crippen molar-refractivity contribution in [3.63, 3.8) is 0 Å². The highest BCUT2D eigenvalue weighted by Gasteiger charge is 2.27. The van der Waals surface area contributed by atoms with E-state index in [2.05, 4.69) is 6.08 Å². The second kappa shape index (κ2) is 4.89. The van der Waals surface area contributed by atoms with Gasteiger partial charge in [-0.3, -0.25) is 0 Å². The molecule has 0 aliphatic carbocycles. The first-order valence-corrected chi connectivity index (χ1v) is 7.70. The number of aliphatic hydroxyl groups excluding tert-OH is 1. The van der Waals surface area contributed by atoms with E-state index < -0.39 is 10.0 Å². The number of sulfonamides is 1. The molecule has 0 amide bonds. The lowest BCUT2D eigenvalue weighted by Crippen LogP contribution is -2.34. The Kier molecular flexibility index (Phi) is 3.67. The number of hydrogen-bond acceptors (Lipinski definition) is 4. The second-order valence-corrected chi connectivity index (χ2v) is 7.19. The molecular weight excluding hydrogens is 258 g/mol. The molecule has 0 saturated heterocycles. The molecule has 17 heavy (non-hydrogen) atoms. The lowest BCUT2D eigenvalue weighted by atomic mass is 10.2. The van der Waals surface area contributed by atoms with Crippen molar-refractivity contribution in [2.45, 2.75) is 24.2 Å². The predicted octanol–water partition coefficient (Wildman–Crippen LogP) is 1.58. The summed E-state index contributed by atoms with van der Waals surface area (Å²) in [6.07, 6.45) is 2.84.